The smallest absolute Gasteiger partial charge is 0.216 e. The van der Waals surface area contributed by atoms with E-state index in [1.165, 1.54) is 21.5 Å². The molecule has 2 heteroatoms. The summed E-state index contributed by atoms with van der Waals surface area (Å²) in [6.07, 6.45) is 0.472. The summed E-state index contributed by atoms with van der Waals surface area (Å²) in [7, 11) is 2.01. The Morgan fingerprint density at radius 2 is 1.62 bits per heavy atom. The average Bonchev–Trinajstić information content (AvgIpc) is 3.22. The van der Waals surface area contributed by atoms with Gasteiger partial charge in [0.25, 0.3) is 0 Å². The van der Waals surface area contributed by atoms with Crippen LogP contribution in [0.5, 0.6) is 0 Å². The van der Waals surface area contributed by atoms with Gasteiger partial charge in [0, 0.05) is 25.6 Å². The normalized spacial score (nSPS) is 13.7. The predicted molar refractivity (Wildman–Crippen MR) is 143 cm³/mol. The van der Waals surface area contributed by atoms with E-state index in [1.807, 2.05) is 46.1 Å². The second kappa shape index (κ2) is 7.43. The highest BCUT2D eigenvalue weighted by Crippen LogP contribution is 2.41. The third-order valence-electron chi connectivity index (χ3n) is 6.66. The summed E-state index contributed by atoms with van der Waals surface area (Å²) in [5.41, 5.74) is 4.89. The van der Waals surface area contributed by atoms with Crippen LogP contribution in [0.15, 0.2) is 83.4 Å². The largest absolute Gasteiger partial charge is 0.455 e. The summed E-state index contributed by atoms with van der Waals surface area (Å²) in [5, 5.41) is 7.07. The van der Waals surface area contributed by atoms with Crippen molar-refractivity contribution < 1.29 is 11.7 Å². The summed E-state index contributed by atoms with van der Waals surface area (Å²) >= 11 is 0. The van der Waals surface area contributed by atoms with E-state index in [0.717, 1.165) is 38.8 Å². The van der Waals surface area contributed by atoms with Gasteiger partial charge in [-0.25, -0.2) is 4.57 Å². The molecule has 34 heavy (non-hydrogen) atoms. The highest BCUT2D eigenvalue weighted by atomic mass is 16.3. The number of hydrogen-bond donors (Lipinski definition) is 0. The lowest BCUT2D eigenvalue weighted by Crippen LogP contribution is -2.31. The molecule has 0 aliphatic carbocycles. The third-order valence-corrected chi connectivity index (χ3v) is 6.66. The fourth-order valence-electron chi connectivity index (χ4n) is 5.17. The Kier molecular flexibility index (Phi) is 4.09. The van der Waals surface area contributed by atoms with Crippen LogP contribution in [-0.4, -0.2) is 0 Å². The highest BCUT2D eigenvalue weighted by Gasteiger charge is 2.23. The zero-order chi connectivity index (χ0) is 25.4. The molecule has 168 valence electrons. The Morgan fingerprint density at radius 1 is 0.853 bits per heavy atom. The summed E-state index contributed by atoms with van der Waals surface area (Å²) in [4.78, 5) is 0. The van der Waals surface area contributed by atoms with Crippen LogP contribution >= 0.6 is 0 Å². The summed E-state index contributed by atoms with van der Waals surface area (Å²) in [6.45, 7) is 7.93. The first-order chi connectivity index (χ1) is 17.1. The van der Waals surface area contributed by atoms with Gasteiger partial charge in [0.2, 0.25) is 5.69 Å². The van der Waals surface area contributed by atoms with Gasteiger partial charge in [-0.05, 0) is 57.4 Å². The monoisotopic (exact) mass is 446 g/mol. The zero-order valence-electron chi connectivity index (χ0n) is 22.4. The second-order valence-electron chi connectivity index (χ2n) is 10.3. The molecule has 2 heterocycles. The number of aryl methyl sites for hydroxylation is 2. The molecule has 0 aliphatic rings. The number of rotatable bonds is 2. The number of benzene rings is 4. The van der Waals surface area contributed by atoms with Crippen molar-refractivity contribution in [2.45, 2.75) is 34.1 Å². The highest BCUT2D eigenvalue weighted by molar-refractivity contribution is 6.24. The molecule has 0 spiro atoms. The van der Waals surface area contributed by atoms with E-state index in [9.17, 15) is 0 Å². The third kappa shape index (κ3) is 3.28. The molecule has 0 fully saturated rings. The Labute approximate surface area is 203 Å². The standard InChI is InChI=1S/C32H30NO/c1-20-10-12-26-30-25-13-11-22-8-6-7-9-23(22)24(25)14-15-28(30)34-31(26)29(20)27-18-21(16-17-33(27)5)19-32(2,3)4/h6-18H,19H2,1-5H3/q+1/i19D2. The molecule has 4 aromatic carbocycles. The maximum Gasteiger partial charge on any atom is 0.216 e. The summed E-state index contributed by atoms with van der Waals surface area (Å²) in [5.74, 6) is 0. The molecule has 0 saturated heterocycles. The van der Waals surface area contributed by atoms with Crippen molar-refractivity contribution in [1.82, 2.24) is 0 Å². The zero-order valence-corrected chi connectivity index (χ0v) is 20.4. The van der Waals surface area contributed by atoms with Crippen LogP contribution in [0, 0.1) is 12.3 Å². The van der Waals surface area contributed by atoms with Crippen molar-refractivity contribution in [1.29, 1.82) is 0 Å². The van der Waals surface area contributed by atoms with E-state index in [-0.39, 0.29) is 0 Å². The molecule has 6 aromatic rings. The molecule has 0 radical (unpaired) electrons. The number of fused-ring (bicyclic) bond motifs is 7. The molecular weight excluding hydrogens is 414 g/mol. The van der Waals surface area contributed by atoms with Gasteiger partial charge in [-0.15, -0.1) is 0 Å². The molecule has 2 nitrogen and oxygen atoms in total. The molecular formula is C32H30NO+. The fraction of sp³-hybridized carbons (Fsp3) is 0.219. The Balaban J connectivity index is 1.68. The topological polar surface area (TPSA) is 17.0 Å². The van der Waals surface area contributed by atoms with Crippen molar-refractivity contribution in [2.75, 3.05) is 0 Å². The van der Waals surface area contributed by atoms with Gasteiger partial charge in [-0.3, -0.25) is 0 Å². The molecule has 2 aromatic heterocycles. The van der Waals surface area contributed by atoms with Crippen molar-refractivity contribution in [3.8, 4) is 11.3 Å². The van der Waals surface area contributed by atoms with E-state index >= 15 is 0 Å². The molecule has 0 unspecified atom stereocenters. The minimum absolute atomic E-state index is 0.535. The van der Waals surface area contributed by atoms with Crippen LogP contribution in [0.25, 0.3) is 54.7 Å². The van der Waals surface area contributed by atoms with Gasteiger partial charge in [0.15, 0.2) is 6.20 Å². The van der Waals surface area contributed by atoms with E-state index in [2.05, 4.69) is 72.2 Å². The van der Waals surface area contributed by atoms with Crippen molar-refractivity contribution in [2.24, 2.45) is 12.5 Å². The van der Waals surface area contributed by atoms with E-state index < -0.39 is 11.8 Å². The van der Waals surface area contributed by atoms with Gasteiger partial charge >= 0.3 is 0 Å². The molecule has 0 amide bonds. The lowest BCUT2D eigenvalue weighted by atomic mass is 9.87. The van der Waals surface area contributed by atoms with Gasteiger partial charge in [0.05, 0.1) is 5.56 Å². The minimum atomic E-state index is -1.48. The van der Waals surface area contributed by atoms with Gasteiger partial charge in [-0.2, -0.15) is 0 Å². The van der Waals surface area contributed by atoms with Crippen molar-refractivity contribution in [3.05, 3.63) is 90.1 Å². The van der Waals surface area contributed by atoms with Crippen molar-refractivity contribution in [3.63, 3.8) is 0 Å². The van der Waals surface area contributed by atoms with Crippen LogP contribution in [0.3, 0.4) is 0 Å². The van der Waals surface area contributed by atoms with Crippen LogP contribution in [0.2, 0.25) is 0 Å². The van der Waals surface area contributed by atoms with E-state index in [0.29, 0.717) is 5.56 Å². The Hall–Kier alpha value is -3.65. The van der Waals surface area contributed by atoms with Crippen LogP contribution in [-0.2, 0) is 13.4 Å². The molecule has 0 aliphatic heterocycles. The number of hydrogen-bond acceptors (Lipinski definition) is 1. The number of pyridine rings is 1. The number of aromatic nitrogens is 1. The maximum absolute atomic E-state index is 8.84. The first-order valence-corrected chi connectivity index (χ1v) is 11.8. The Bertz CT molecular complexity index is 1820. The lowest BCUT2D eigenvalue weighted by Gasteiger charge is -2.18. The first-order valence-electron chi connectivity index (χ1n) is 12.8. The quantitative estimate of drug-likeness (QED) is 0.193. The lowest BCUT2D eigenvalue weighted by molar-refractivity contribution is -0.660. The molecule has 0 bridgehead atoms. The number of nitrogens with zero attached hydrogens (tertiary/aromatic N) is 1. The summed E-state index contributed by atoms with van der Waals surface area (Å²) < 4.78 is 26.3. The SMILES string of the molecule is [2H]C([2H])(c1cc[n+](C)c(-c2c(C)ccc3c2oc2ccc4c5ccccc5ccc4c23)c1)C(C)(C)C. The van der Waals surface area contributed by atoms with Crippen LogP contribution in [0.1, 0.15) is 34.6 Å². The minimum Gasteiger partial charge on any atom is -0.455 e. The second-order valence-corrected chi connectivity index (χ2v) is 10.3. The van der Waals surface area contributed by atoms with Gasteiger partial charge in [0.1, 0.15) is 18.2 Å². The van der Waals surface area contributed by atoms with Crippen LogP contribution in [0.4, 0.5) is 0 Å². The van der Waals surface area contributed by atoms with E-state index in [1.54, 1.807) is 0 Å². The average molecular weight is 447 g/mol. The molecule has 0 atom stereocenters. The first kappa shape index (κ1) is 18.7. The Morgan fingerprint density at radius 3 is 2.44 bits per heavy atom. The number of furan rings is 1. The van der Waals surface area contributed by atoms with E-state index in [4.69, 9.17) is 7.16 Å². The van der Waals surface area contributed by atoms with Gasteiger partial charge < -0.3 is 4.42 Å². The van der Waals surface area contributed by atoms with Crippen molar-refractivity contribution >= 4 is 43.5 Å². The van der Waals surface area contributed by atoms with Gasteiger partial charge in [-0.1, -0.05) is 75.4 Å². The summed E-state index contributed by atoms with van der Waals surface area (Å²) in [6, 6.07) is 25.3. The maximum atomic E-state index is 8.84. The predicted octanol–water partition coefficient (Wildman–Crippen LogP) is 8.28. The fourth-order valence-corrected chi connectivity index (χ4v) is 5.17. The van der Waals surface area contributed by atoms with Crippen LogP contribution < -0.4 is 4.57 Å². The molecule has 0 N–H and O–H groups in total. The molecule has 6 rings (SSSR count). The molecule has 0 saturated carbocycles.